The lowest BCUT2D eigenvalue weighted by molar-refractivity contribution is -0.137. The predicted octanol–water partition coefficient (Wildman–Crippen LogP) is 3.82. The Morgan fingerprint density at radius 2 is 2.00 bits per heavy atom. The van der Waals surface area contributed by atoms with E-state index in [2.05, 4.69) is 0 Å². The average Bonchev–Trinajstić information content (AvgIpc) is 2.14. The van der Waals surface area contributed by atoms with E-state index in [1.807, 2.05) is 19.1 Å². The molecule has 0 saturated carbocycles. The second-order valence-corrected chi connectivity index (χ2v) is 2.97. The molecule has 0 aromatic heterocycles. The molecule has 0 atom stereocenters. The molecular formula is C11H11F3. The van der Waals surface area contributed by atoms with Crippen LogP contribution in [0.4, 0.5) is 13.2 Å². The van der Waals surface area contributed by atoms with Gasteiger partial charge in [-0.15, -0.1) is 0 Å². The number of rotatable bonds is 2. The Hall–Kier alpha value is -1.25. The van der Waals surface area contributed by atoms with Crippen molar-refractivity contribution in [3.05, 3.63) is 47.5 Å². The van der Waals surface area contributed by atoms with Crippen LogP contribution < -0.4 is 0 Å². The quantitative estimate of drug-likeness (QED) is 0.636. The standard InChI is InChI=1S/C11H11F3/c1-2-3-5-9-6-4-7-10(8-9)11(12,13)14/h2-4,6-8H,5H2,1H3. The monoisotopic (exact) mass is 200 g/mol. The van der Waals surface area contributed by atoms with Crippen LogP contribution in [0.2, 0.25) is 0 Å². The lowest BCUT2D eigenvalue weighted by Gasteiger charge is -2.07. The third-order valence-electron chi connectivity index (χ3n) is 1.84. The molecule has 1 aromatic rings. The van der Waals surface area contributed by atoms with Crippen molar-refractivity contribution < 1.29 is 13.2 Å². The van der Waals surface area contributed by atoms with Crippen molar-refractivity contribution in [2.45, 2.75) is 19.5 Å². The summed E-state index contributed by atoms with van der Waals surface area (Å²) < 4.78 is 36.8. The third kappa shape index (κ3) is 2.91. The third-order valence-corrected chi connectivity index (χ3v) is 1.84. The maximum absolute atomic E-state index is 12.3. The van der Waals surface area contributed by atoms with Crippen molar-refractivity contribution in [1.29, 1.82) is 0 Å². The van der Waals surface area contributed by atoms with E-state index in [-0.39, 0.29) is 0 Å². The first-order chi connectivity index (χ1) is 6.54. The maximum atomic E-state index is 12.3. The molecule has 0 saturated heterocycles. The molecule has 0 radical (unpaired) electrons. The van der Waals surface area contributed by atoms with Gasteiger partial charge in [0.05, 0.1) is 5.56 Å². The summed E-state index contributed by atoms with van der Waals surface area (Å²) in [5.41, 5.74) is 0.0948. The van der Waals surface area contributed by atoms with Gasteiger partial charge in [-0.05, 0) is 25.0 Å². The molecule has 0 fully saturated rings. The summed E-state index contributed by atoms with van der Waals surface area (Å²) in [7, 11) is 0. The highest BCUT2D eigenvalue weighted by Gasteiger charge is 2.30. The molecule has 1 rings (SSSR count). The van der Waals surface area contributed by atoms with E-state index in [4.69, 9.17) is 0 Å². The Kier molecular flexibility index (Phi) is 3.33. The van der Waals surface area contributed by atoms with Crippen LogP contribution >= 0.6 is 0 Å². The fourth-order valence-corrected chi connectivity index (χ4v) is 1.13. The lowest BCUT2D eigenvalue weighted by atomic mass is 10.1. The minimum Gasteiger partial charge on any atom is -0.166 e. The zero-order valence-corrected chi connectivity index (χ0v) is 7.81. The summed E-state index contributed by atoms with van der Waals surface area (Å²) in [4.78, 5) is 0. The van der Waals surface area contributed by atoms with E-state index in [1.165, 1.54) is 12.1 Å². The Balaban J connectivity index is 2.90. The molecule has 0 aliphatic heterocycles. The number of allylic oxidation sites excluding steroid dienone is 2. The summed E-state index contributed by atoms with van der Waals surface area (Å²) in [6.07, 6.45) is -0.0535. The van der Waals surface area contributed by atoms with Crippen LogP contribution in [-0.2, 0) is 12.6 Å². The van der Waals surface area contributed by atoms with Gasteiger partial charge in [-0.3, -0.25) is 0 Å². The molecule has 0 bridgehead atoms. The van der Waals surface area contributed by atoms with E-state index in [9.17, 15) is 13.2 Å². The largest absolute Gasteiger partial charge is 0.416 e. The summed E-state index contributed by atoms with van der Waals surface area (Å²) in [6.45, 7) is 1.84. The first-order valence-electron chi connectivity index (χ1n) is 4.31. The first-order valence-corrected chi connectivity index (χ1v) is 4.31. The van der Waals surface area contributed by atoms with Crippen LogP contribution in [0.15, 0.2) is 36.4 Å². The molecule has 0 heterocycles. The zero-order chi connectivity index (χ0) is 10.6. The molecule has 0 spiro atoms. The molecule has 0 N–H and O–H groups in total. The van der Waals surface area contributed by atoms with Crippen molar-refractivity contribution in [2.75, 3.05) is 0 Å². The number of benzene rings is 1. The minimum absolute atomic E-state index is 0.542. The van der Waals surface area contributed by atoms with Gasteiger partial charge in [-0.2, -0.15) is 13.2 Å². The van der Waals surface area contributed by atoms with Gasteiger partial charge in [0, 0.05) is 0 Å². The van der Waals surface area contributed by atoms with Crippen LogP contribution in [0.1, 0.15) is 18.1 Å². The van der Waals surface area contributed by atoms with Crippen LogP contribution in [0, 0.1) is 0 Å². The van der Waals surface area contributed by atoms with Crippen LogP contribution in [0.5, 0.6) is 0 Å². The van der Waals surface area contributed by atoms with E-state index in [0.29, 0.717) is 12.0 Å². The van der Waals surface area contributed by atoms with E-state index in [0.717, 1.165) is 6.07 Å². The van der Waals surface area contributed by atoms with Gasteiger partial charge in [0.1, 0.15) is 0 Å². The molecule has 0 aliphatic rings. The van der Waals surface area contributed by atoms with Crippen LogP contribution in [-0.4, -0.2) is 0 Å². The van der Waals surface area contributed by atoms with Gasteiger partial charge < -0.3 is 0 Å². The Bertz CT molecular complexity index is 324. The van der Waals surface area contributed by atoms with Gasteiger partial charge in [0.15, 0.2) is 0 Å². The fraction of sp³-hybridized carbons (Fsp3) is 0.273. The van der Waals surface area contributed by atoms with Gasteiger partial charge >= 0.3 is 6.18 Å². The van der Waals surface area contributed by atoms with Crippen molar-refractivity contribution in [1.82, 2.24) is 0 Å². The minimum atomic E-state index is -4.24. The molecule has 0 amide bonds. The smallest absolute Gasteiger partial charge is 0.166 e. The SMILES string of the molecule is CC=CCc1cccc(C(F)(F)F)c1. The fourth-order valence-electron chi connectivity index (χ4n) is 1.13. The van der Waals surface area contributed by atoms with Gasteiger partial charge in [0.25, 0.3) is 0 Å². The molecule has 76 valence electrons. The van der Waals surface area contributed by atoms with Crippen molar-refractivity contribution in [3.8, 4) is 0 Å². The highest BCUT2D eigenvalue weighted by molar-refractivity contribution is 5.26. The van der Waals surface area contributed by atoms with Gasteiger partial charge in [-0.25, -0.2) is 0 Å². The Morgan fingerprint density at radius 1 is 1.29 bits per heavy atom. The molecule has 0 nitrogen and oxygen atoms in total. The number of halogens is 3. The van der Waals surface area contributed by atoms with Gasteiger partial charge in [0.2, 0.25) is 0 Å². The number of hydrogen-bond acceptors (Lipinski definition) is 0. The summed E-state index contributed by atoms with van der Waals surface area (Å²) in [6, 6.07) is 5.38. The van der Waals surface area contributed by atoms with Gasteiger partial charge in [-0.1, -0.05) is 30.4 Å². The lowest BCUT2D eigenvalue weighted by Crippen LogP contribution is -2.04. The first kappa shape index (κ1) is 10.8. The molecular weight excluding hydrogens is 189 g/mol. The number of alkyl halides is 3. The topological polar surface area (TPSA) is 0 Å². The van der Waals surface area contributed by atoms with Crippen LogP contribution in [0.25, 0.3) is 0 Å². The van der Waals surface area contributed by atoms with E-state index >= 15 is 0 Å². The second kappa shape index (κ2) is 4.31. The second-order valence-electron chi connectivity index (χ2n) is 2.97. The molecule has 3 heteroatoms. The number of hydrogen-bond donors (Lipinski definition) is 0. The molecule has 1 aromatic carbocycles. The highest BCUT2D eigenvalue weighted by atomic mass is 19.4. The molecule has 14 heavy (non-hydrogen) atoms. The predicted molar refractivity (Wildman–Crippen MR) is 50.0 cm³/mol. The normalized spacial score (nSPS) is 12.3. The summed E-state index contributed by atoms with van der Waals surface area (Å²) in [5, 5.41) is 0. The zero-order valence-electron chi connectivity index (χ0n) is 7.81. The Labute approximate surface area is 81.1 Å². The van der Waals surface area contributed by atoms with Crippen molar-refractivity contribution in [2.24, 2.45) is 0 Å². The molecule has 0 aliphatic carbocycles. The van der Waals surface area contributed by atoms with Crippen molar-refractivity contribution in [3.63, 3.8) is 0 Å². The maximum Gasteiger partial charge on any atom is 0.416 e. The average molecular weight is 200 g/mol. The summed E-state index contributed by atoms with van der Waals surface area (Å²) >= 11 is 0. The molecule has 0 unspecified atom stereocenters. The van der Waals surface area contributed by atoms with E-state index < -0.39 is 11.7 Å². The Morgan fingerprint density at radius 3 is 2.57 bits per heavy atom. The van der Waals surface area contributed by atoms with E-state index in [1.54, 1.807) is 6.07 Å². The van der Waals surface area contributed by atoms with Crippen LogP contribution in [0.3, 0.4) is 0 Å². The summed E-state index contributed by atoms with van der Waals surface area (Å²) in [5.74, 6) is 0. The highest BCUT2D eigenvalue weighted by Crippen LogP contribution is 2.29. The van der Waals surface area contributed by atoms with Crippen molar-refractivity contribution >= 4 is 0 Å².